The third-order valence-corrected chi connectivity index (χ3v) is 7.71. The molecule has 2 unspecified atom stereocenters. The third kappa shape index (κ3) is 16.3. The second-order valence-electron chi connectivity index (χ2n) is 11.5. The summed E-state index contributed by atoms with van der Waals surface area (Å²) in [6.07, 6.45) is 21.2. The van der Waals surface area contributed by atoms with Crippen LogP contribution in [0.15, 0.2) is 48.5 Å². The van der Waals surface area contributed by atoms with Gasteiger partial charge >= 0.3 is 0 Å². The van der Waals surface area contributed by atoms with E-state index in [1.54, 1.807) is 0 Å². The SMILES string of the molecule is CCCCCCCCCCC(O)COc1ccc(-c2ccc(OCC(O)CCCCCCCCCC)cc2)cc1. The maximum Gasteiger partial charge on any atom is 0.119 e. The summed E-state index contributed by atoms with van der Waals surface area (Å²) < 4.78 is 11.6. The first kappa shape index (κ1) is 34.2. The average Bonchev–Trinajstić information content (AvgIpc) is 2.98. The van der Waals surface area contributed by atoms with E-state index < -0.39 is 12.2 Å². The van der Waals surface area contributed by atoms with Gasteiger partial charge in [-0.25, -0.2) is 0 Å². The fourth-order valence-corrected chi connectivity index (χ4v) is 5.07. The van der Waals surface area contributed by atoms with Crippen LogP contribution in [-0.2, 0) is 0 Å². The van der Waals surface area contributed by atoms with Gasteiger partial charge in [-0.2, -0.15) is 0 Å². The van der Waals surface area contributed by atoms with Crippen LogP contribution in [0, 0.1) is 0 Å². The minimum Gasteiger partial charge on any atom is -0.491 e. The highest BCUT2D eigenvalue weighted by Crippen LogP contribution is 2.25. The van der Waals surface area contributed by atoms with Crippen molar-refractivity contribution >= 4 is 0 Å². The van der Waals surface area contributed by atoms with Crippen LogP contribution in [0.2, 0.25) is 0 Å². The highest BCUT2D eigenvalue weighted by atomic mass is 16.5. The summed E-state index contributed by atoms with van der Waals surface area (Å²) in [5, 5.41) is 20.5. The fourth-order valence-electron chi connectivity index (χ4n) is 5.07. The van der Waals surface area contributed by atoms with Gasteiger partial charge in [-0.1, -0.05) is 141 Å². The molecular formula is C36H58O4. The van der Waals surface area contributed by atoms with Gasteiger partial charge < -0.3 is 19.7 Å². The minimum atomic E-state index is -0.411. The summed E-state index contributed by atoms with van der Waals surface area (Å²) in [5.41, 5.74) is 2.21. The van der Waals surface area contributed by atoms with Gasteiger partial charge in [-0.3, -0.25) is 0 Å². The molecule has 0 saturated carbocycles. The number of aliphatic hydroxyl groups excluding tert-OH is 2. The van der Waals surface area contributed by atoms with Gasteiger partial charge in [0.1, 0.15) is 24.7 Å². The quantitative estimate of drug-likeness (QED) is 0.120. The lowest BCUT2D eigenvalue weighted by Gasteiger charge is -2.13. The van der Waals surface area contributed by atoms with Crippen molar-refractivity contribution in [1.82, 2.24) is 0 Å². The van der Waals surface area contributed by atoms with Crippen LogP contribution in [0.3, 0.4) is 0 Å². The molecule has 0 saturated heterocycles. The van der Waals surface area contributed by atoms with Crippen molar-refractivity contribution in [2.45, 2.75) is 142 Å². The maximum absolute atomic E-state index is 10.3. The van der Waals surface area contributed by atoms with E-state index in [1.165, 1.54) is 89.9 Å². The van der Waals surface area contributed by atoms with Crippen LogP contribution in [0.1, 0.15) is 129 Å². The lowest BCUT2D eigenvalue weighted by molar-refractivity contribution is 0.0973. The van der Waals surface area contributed by atoms with Crippen molar-refractivity contribution in [2.75, 3.05) is 13.2 Å². The van der Waals surface area contributed by atoms with Gasteiger partial charge in [0.15, 0.2) is 0 Å². The Bertz CT molecular complexity index is 761. The molecule has 0 spiro atoms. The fraction of sp³-hybridized carbons (Fsp3) is 0.667. The highest BCUT2D eigenvalue weighted by Gasteiger charge is 2.08. The van der Waals surface area contributed by atoms with Crippen LogP contribution in [0.25, 0.3) is 11.1 Å². The van der Waals surface area contributed by atoms with Gasteiger partial charge in [0.05, 0.1) is 12.2 Å². The molecule has 0 heterocycles. The Morgan fingerprint density at radius 2 is 0.750 bits per heavy atom. The van der Waals surface area contributed by atoms with E-state index in [4.69, 9.17) is 9.47 Å². The zero-order chi connectivity index (χ0) is 28.7. The van der Waals surface area contributed by atoms with Crippen molar-refractivity contribution < 1.29 is 19.7 Å². The number of benzene rings is 2. The van der Waals surface area contributed by atoms with Crippen molar-refractivity contribution in [3.8, 4) is 22.6 Å². The lowest BCUT2D eigenvalue weighted by Crippen LogP contribution is -2.17. The summed E-state index contributed by atoms with van der Waals surface area (Å²) in [6, 6.07) is 16.0. The summed E-state index contributed by atoms with van der Waals surface area (Å²) in [5.74, 6) is 1.56. The molecule has 2 aromatic carbocycles. The van der Waals surface area contributed by atoms with Gasteiger partial charge in [0.2, 0.25) is 0 Å². The zero-order valence-corrected chi connectivity index (χ0v) is 25.6. The molecule has 2 atom stereocenters. The Hall–Kier alpha value is -2.04. The van der Waals surface area contributed by atoms with E-state index >= 15 is 0 Å². The number of ether oxygens (including phenoxy) is 2. The maximum atomic E-state index is 10.3. The molecule has 4 heteroatoms. The van der Waals surface area contributed by atoms with E-state index in [0.717, 1.165) is 48.3 Å². The van der Waals surface area contributed by atoms with Crippen LogP contribution in [-0.4, -0.2) is 35.6 Å². The van der Waals surface area contributed by atoms with Gasteiger partial charge in [-0.05, 0) is 48.2 Å². The summed E-state index contributed by atoms with van der Waals surface area (Å²) in [4.78, 5) is 0. The molecule has 40 heavy (non-hydrogen) atoms. The Kier molecular flexibility index (Phi) is 19.3. The van der Waals surface area contributed by atoms with Crippen molar-refractivity contribution in [2.24, 2.45) is 0 Å². The Morgan fingerprint density at radius 1 is 0.450 bits per heavy atom. The molecule has 0 aliphatic carbocycles. The van der Waals surface area contributed by atoms with E-state index in [2.05, 4.69) is 13.8 Å². The monoisotopic (exact) mass is 554 g/mol. The molecule has 2 N–H and O–H groups in total. The minimum absolute atomic E-state index is 0.340. The molecule has 2 aromatic rings. The van der Waals surface area contributed by atoms with Gasteiger partial charge in [0.25, 0.3) is 0 Å². The molecule has 2 rings (SSSR count). The largest absolute Gasteiger partial charge is 0.491 e. The number of rotatable bonds is 25. The zero-order valence-electron chi connectivity index (χ0n) is 25.6. The average molecular weight is 555 g/mol. The van der Waals surface area contributed by atoms with E-state index in [-0.39, 0.29) is 0 Å². The molecule has 0 radical (unpaired) electrons. The molecule has 0 aliphatic rings. The standard InChI is InChI=1S/C36H58O4/c1-3-5-7-9-11-13-15-17-19-33(37)29-39-35-25-21-31(22-26-35)32-23-27-36(28-24-32)40-30-34(38)20-18-16-14-12-10-8-6-4-2/h21-28,33-34,37-38H,3-20,29-30H2,1-2H3. The molecular weight excluding hydrogens is 496 g/mol. The number of hydrogen-bond donors (Lipinski definition) is 2. The van der Waals surface area contributed by atoms with Crippen LogP contribution in [0.4, 0.5) is 0 Å². The Labute approximate surface area is 245 Å². The highest BCUT2D eigenvalue weighted by molar-refractivity contribution is 5.64. The number of aliphatic hydroxyl groups is 2. The predicted octanol–water partition coefficient (Wildman–Crippen LogP) is 9.89. The van der Waals surface area contributed by atoms with Crippen molar-refractivity contribution in [1.29, 1.82) is 0 Å². The Morgan fingerprint density at radius 3 is 1.07 bits per heavy atom. The number of unbranched alkanes of at least 4 members (excludes halogenated alkanes) is 14. The second-order valence-corrected chi connectivity index (χ2v) is 11.5. The third-order valence-electron chi connectivity index (χ3n) is 7.71. The molecule has 0 aromatic heterocycles. The van der Waals surface area contributed by atoms with Crippen molar-refractivity contribution in [3.63, 3.8) is 0 Å². The van der Waals surface area contributed by atoms with Crippen LogP contribution in [0.5, 0.6) is 11.5 Å². The van der Waals surface area contributed by atoms with E-state index in [9.17, 15) is 10.2 Å². The first-order valence-corrected chi connectivity index (χ1v) is 16.4. The lowest BCUT2D eigenvalue weighted by atomic mass is 10.1. The molecule has 0 fully saturated rings. The van der Waals surface area contributed by atoms with Gasteiger partial charge in [0, 0.05) is 0 Å². The molecule has 0 amide bonds. The molecule has 0 aliphatic heterocycles. The second kappa shape index (κ2) is 22.6. The molecule has 4 nitrogen and oxygen atoms in total. The van der Waals surface area contributed by atoms with Gasteiger partial charge in [-0.15, -0.1) is 0 Å². The molecule has 226 valence electrons. The van der Waals surface area contributed by atoms with Crippen LogP contribution < -0.4 is 9.47 Å². The summed E-state index contributed by atoms with van der Waals surface area (Å²) in [7, 11) is 0. The summed E-state index contributed by atoms with van der Waals surface area (Å²) >= 11 is 0. The van der Waals surface area contributed by atoms with Crippen LogP contribution >= 0.6 is 0 Å². The topological polar surface area (TPSA) is 58.9 Å². The first-order valence-electron chi connectivity index (χ1n) is 16.4. The Balaban J connectivity index is 1.58. The first-order chi connectivity index (χ1) is 19.6. The number of hydrogen-bond acceptors (Lipinski definition) is 4. The smallest absolute Gasteiger partial charge is 0.119 e. The predicted molar refractivity (Wildman–Crippen MR) is 169 cm³/mol. The van der Waals surface area contributed by atoms with Crippen molar-refractivity contribution in [3.05, 3.63) is 48.5 Å². The van der Waals surface area contributed by atoms with E-state index in [1.807, 2.05) is 48.5 Å². The molecule has 0 bridgehead atoms. The normalized spacial score (nSPS) is 12.8. The van der Waals surface area contributed by atoms with E-state index in [0.29, 0.717) is 13.2 Å². The summed E-state index contributed by atoms with van der Waals surface area (Å²) in [6.45, 7) is 5.18.